The molecule has 0 radical (unpaired) electrons. The summed E-state index contributed by atoms with van der Waals surface area (Å²) in [6.07, 6.45) is 0.198. The number of aromatic nitrogens is 4. The maximum absolute atomic E-state index is 5.99. The molecule has 0 bridgehead atoms. The Bertz CT molecular complexity index is 550. The lowest BCUT2D eigenvalue weighted by atomic mass is 10.1. The fourth-order valence-corrected chi connectivity index (χ4v) is 1.79. The highest BCUT2D eigenvalue weighted by molar-refractivity contribution is 5.71. The molecule has 1 heterocycles. The Labute approximate surface area is 112 Å². The van der Waals surface area contributed by atoms with Gasteiger partial charge in [0, 0.05) is 11.3 Å². The van der Waals surface area contributed by atoms with Crippen molar-refractivity contribution in [2.24, 2.45) is 0 Å². The molecule has 0 fully saturated rings. The van der Waals surface area contributed by atoms with Crippen LogP contribution < -0.4 is 5.73 Å². The van der Waals surface area contributed by atoms with E-state index < -0.39 is 0 Å². The predicted molar refractivity (Wildman–Crippen MR) is 73.5 cm³/mol. The molecular weight excluding hydrogens is 242 g/mol. The first-order valence-corrected chi connectivity index (χ1v) is 6.32. The Kier molecular flexibility index (Phi) is 4.11. The van der Waals surface area contributed by atoms with Gasteiger partial charge in [-0.3, -0.25) is 0 Å². The molecule has 0 amide bonds. The minimum Gasteiger partial charge on any atom is -0.398 e. The van der Waals surface area contributed by atoms with E-state index in [0.717, 1.165) is 11.1 Å². The van der Waals surface area contributed by atoms with E-state index in [1.54, 1.807) is 4.68 Å². The van der Waals surface area contributed by atoms with E-state index in [1.165, 1.54) is 0 Å². The zero-order valence-corrected chi connectivity index (χ0v) is 11.5. The van der Waals surface area contributed by atoms with E-state index in [-0.39, 0.29) is 6.10 Å². The van der Waals surface area contributed by atoms with Gasteiger partial charge in [0.15, 0.2) is 5.82 Å². The molecule has 0 unspecified atom stereocenters. The van der Waals surface area contributed by atoms with Gasteiger partial charge in [-0.05, 0) is 43.3 Å². The number of nitrogens with two attached hydrogens (primary N) is 1. The van der Waals surface area contributed by atoms with Crippen LogP contribution >= 0.6 is 0 Å². The van der Waals surface area contributed by atoms with E-state index in [4.69, 9.17) is 10.5 Å². The fourth-order valence-electron chi connectivity index (χ4n) is 1.79. The Hall–Kier alpha value is -1.95. The highest BCUT2D eigenvalue weighted by Gasteiger charge is 2.12. The third-order valence-corrected chi connectivity index (χ3v) is 2.74. The van der Waals surface area contributed by atoms with Crippen molar-refractivity contribution in [2.75, 3.05) is 12.3 Å². The highest BCUT2D eigenvalue weighted by Crippen LogP contribution is 2.24. The van der Waals surface area contributed by atoms with Crippen LogP contribution in [0.2, 0.25) is 0 Å². The zero-order valence-electron chi connectivity index (χ0n) is 11.5. The third kappa shape index (κ3) is 3.29. The maximum Gasteiger partial charge on any atom is 0.184 e. The lowest BCUT2D eigenvalue weighted by Gasteiger charge is -2.09. The Balaban J connectivity index is 2.21. The molecular formula is C13H19N5O. The van der Waals surface area contributed by atoms with Crippen LogP contribution in [0.5, 0.6) is 0 Å². The molecule has 0 spiro atoms. The summed E-state index contributed by atoms with van der Waals surface area (Å²) >= 11 is 0. The number of nitrogens with zero attached hydrogens (tertiary/aromatic N) is 4. The number of hydrogen-bond donors (Lipinski definition) is 1. The summed E-state index contributed by atoms with van der Waals surface area (Å²) < 4.78 is 7.23. The standard InChI is InChI=1S/C13H19N5O/c1-9(2)19-7-6-18-13(15-16-17-18)11-8-10(3)4-5-12(11)14/h4-5,8-9H,6-7,14H2,1-3H3. The van der Waals surface area contributed by atoms with E-state index >= 15 is 0 Å². The summed E-state index contributed by atoms with van der Waals surface area (Å²) in [6.45, 7) is 7.19. The van der Waals surface area contributed by atoms with Gasteiger partial charge in [0.25, 0.3) is 0 Å². The van der Waals surface area contributed by atoms with Crippen LogP contribution in [-0.4, -0.2) is 32.9 Å². The molecule has 0 aliphatic heterocycles. The molecule has 1 aromatic heterocycles. The maximum atomic E-state index is 5.99. The van der Waals surface area contributed by atoms with Crippen LogP contribution in [0.25, 0.3) is 11.4 Å². The molecule has 6 nitrogen and oxygen atoms in total. The third-order valence-electron chi connectivity index (χ3n) is 2.74. The molecule has 1 aromatic carbocycles. The van der Waals surface area contributed by atoms with Gasteiger partial charge in [-0.15, -0.1) is 5.10 Å². The monoisotopic (exact) mass is 261 g/mol. The summed E-state index contributed by atoms with van der Waals surface area (Å²) in [5.74, 6) is 0.675. The van der Waals surface area contributed by atoms with Crippen molar-refractivity contribution in [3.05, 3.63) is 23.8 Å². The number of benzene rings is 1. The van der Waals surface area contributed by atoms with E-state index in [2.05, 4.69) is 15.5 Å². The highest BCUT2D eigenvalue weighted by atomic mass is 16.5. The van der Waals surface area contributed by atoms with Crippen molar-refractivity contribution in [2.45, 2.75) is 33.4 Å². The molecule has 0 saturated heterocycles. The number of nitrogen functional groups attached to an aromatic ring is 1. The Morgan fingerprint density at radius 1 is 1.37 bits per heavy atom. The number of tetrazole rings is 1. The quantitative estimate of drug-likeness (QED) is 0.828. The van der Waals surface area contributed by atoms with Gasteiger partial charge in [0.1, 0.15) is 0 Å². The topological polar surface area (TPSA) is 78.9 Å². The Morgan fingerprint density at radius 2 is 2.16 bits per heavy atom. The molecule has 19 heavy (non-hydrogen) atoms. The van der Waals surface area contributed by atoms with Gasteiger partial charge >= 0.3 is 0 Å². The number of hydrogen-bond acceptors (Lipinski definition) is 5. The minimum atomic E-state index is 0.198. The van der Waals surface area contributed by atoms with Gasteiger partial charge in [-0.25, -0.2) is 4.68 Å². The molecule has 2 aromatic rings. The molecule has 0 aliphatic rings. The SMILES string of the molecule is Cc1ccc(N)c(-c2nnnn2CCOC(C)C)c1. The number of ether oxygens (including phenoxy) is 1. The second-order valence-electron chi connectivity index (χ2n) is 4.74. The molecule has 2 N–H and O–H groups in total. The zero-order chi connectivity index (χ0) is 13.8. The van der Waals surface area contributed by atoms with Gasteiger partial charge in [0.2, 0.25) is 0 Å². The van der Waals surface area contributed by atoms with Gasteiger partial charge in [-0.2, -0.15) is 0 Å². The lowest BCUT2D eigenvalue weighted by Crippen LogP contribution is -2.13. The van der Waals surface area contributed by atoms with Crippen molar-refractivity contribution in [3.63, 3.8) is 0 Å². The van der Waals surface area contributed by atoms with E-state index in [1.807, 2.05) is 39.0 Å². The second kappa shape index (κ2) is 5.79. The van der Waals surface area contributed by atoms with Gasteiger partial charge < -0.3 is 10.5 Å². The van der Waals surface area contributed by atoms with E-state index in [9.17, 15) is 0 Å². The van der Waals surface area contributed by atoms with Gasteiger partial charge in [0.05, 0.1) is 19.3 Å². The summed E-state index contributed by atoms with van der Waals surface area (Å²) in [5, 5.41) is 11.8. The largest absolute Gasteiger partial charge is 0.398 e. The summed E-state index contributed by atoms with van der Waals surface area (Å²) in [5.41, 5.74) is 8.64. The van der Waals surface area contributed by atoms with E-state index in [0.29, 0.717) is 24.7 Å². The van der Waals surface area contributed by atoms with Crippen LogP contribution in [0.4, 0.5) is 5.69 Å². The van der Waals surface area contributed by atoms with Crippen LogP contribution in [-0.2, 0) is 11.3 Å². The summed E-state index contributed by atoms with van der Waals surface area (Å²) in [6, 6.07) is 5.82. The number of aryl methyl sites for hydroxylation is 1. The molecule has 102 valence electrons. The fraction of sp³-hybridized carbons (Fsp3) is 0.462. The normalized spacial score (nSPS) is 11.2. The Morgan fingerprint density at radius 3 is 2.89 bits per heavy atom. The van der Waals surface area contributed by atoms with Crippen LogP contribution in [0.1, 0.15) is 19.4 Å². The second-order valence-corrected chi connectivity index (χ2v) is 4.74. The first-order chi connectivity index (χ1) is 9.08. The number of rotatable bonds is 5. The van der Waals surface area contributed by atoms with Crippen molar-refractivity contribution in [1.82, 2.24) is 20.2 Å². The molecule has 0 saturated carbocycles. The van der Waals surface area contributed by atoms with Crippen LogP contribution in [0.3, 0.4) is 0 Å². The first-order valence-electron chi connectivity index (χ1n) is 6.32. The van der Waals surface area contributed by atoms with Crippen molar-refractivity contribution in [1.29, 1.82) is 0 Å². The van der Waals surface area contributed by atoms with Crippen LogP contribution in [0.15, 0.2) is 18.2 Å². The van der Waals surface area contributed by atoms with Crippen molar-refractivity contribution in [3.8, 4) is 11.4 Å². The van der Waals surface area contributed by atoms with Crippen LogP contribution in [0, 0.1) is 6.92 Å². The molecule has 6 heteroatoms. The van der Waals surface area contributed by atoms with Crippen molar-refractivity contribution < 1.29 is 4.74 Å². The minimum absolute atomic E-state index is 0.198. The van der Waals surface area contributed by atoms with Crippen molar-refractivity contribution >= 4 is 5.69 Å². The summed E-state index contributed by atoms with van der Waals surface area (Å²) in [7, 11) is 0. The van der Waals surface area contributed by atoms with Gasteiger partial charge in [-0.1, -0.05) is 11.6 Å². The average molecular weight is 261 g/mol. The predicted octanol–water partition coefficient (Wildman–Crippen LogP) is 1.66. The smallest absolute Gasteiger partial charge is 0.184 e. The summed E-state index contributed by atoms with van der Waals surface area (Å²) in [4.78, 5) is 0. The lowest BCUT2D eigenvalue weighted by molar-refractivity contribution is 0.0709. The first kappa shape index (κ1) is 13.5. The number of anilines is 1. The molecule has 0 atom stereocenters. The molecule has 0 aliphatic carbocycles. The average Bonchev–Trinajstić information content (AvgIpc) is 2.80. The molecule has 2 rings (SSSR count).